The zero-order chi connectivity index (χ0) is 20.5. The molecule has 0 radical (unpaired) electrons. The Kier molecular flexibility index (Phi) is 7.78. The van der Waals surface area contributed by atoms with Crippen LogP contribution in [-0.2, 0) is 22.5 Å². The number of rotatable bonds is 11. The number of nitrogens with one attached hydrogen (secondary N) is 2. The van der Waals surface area contributed by atoms with Gasteiger partial charge in [-0.05, 0) is 48.7 Å². The molecule has 0 unspecified atom stereocenters. The maximum Gasteiger partial charge on any atom is 0.236 e. The third-order valence-electron chi connectivity index (χ3n) is 4.94. The van der Waals surface area contributed by atoms with Crippen molar-refractivity contribution >= 4 is 16.8 Å². The van der Waals surface area contributed by atoms with Crippen molar-refractivity contribution < 1.29 is 13.9 Å². The van der Waals surface area contributed by atoms with Crippen LogP contribution in [0.2, 0.25) is 0 Å². The number of H-pyrrole nitrogens is 1. The largest absolute Gasteiger partial charge is 0.385 e. The molecule has 1 heterocycles. The Labute approximate surface area is 170 Å². The van der Waals surface area contributed by atoms with Gasteiger partial charge in [-0.3, -0.25) is 4.79 Å². The van der Waals surface area contributed by atoms with Crippen molar-refractivity contribution in [2.75, 3.05) is 33.4 Å². The number of ether oxygens (including phenoxy) is 1. The molecule has 0 fully saturated rings. The van der Waals surface area contributed by atoms with Gasteiger partial charge in [-0.25, -0.2) is 4.39 Å². The number of para-hydroxylation sites is 1. The lowest BCUT2D eigenvalue weighted by molar-refractivity contribution is -0.130. The molecule has 3 rings (SSSR count). The van der Waals surface area contributed by atoms with Crippen LogP contribution in [0.1, 0.15) is 17.5 Å². The third-order valence-corrected chi connectivity index (χ3v) is 4.94. The number of methoxy groups -OCH3 is 1. The number of hydrogen-bond acceptors (Lipinski definition) is 3. The first kappa shape index (κ1) is 21.0. The van der Waals surface area contributed by atoms with E-state index in [1.807, 2.05) is 29.3 Å². The molecule has 2 aromatic carbocycles. The highest BCUT2D eigenvalue weighted by molar-refractivity contribution is 5.83. The van der Waals surface area contributed by atoms with E-state index in [1.54, 1.807) is 19.2 Å². The van der Waals surface area contributed by atoms with Crippen LogP contribution in [0.4, 0.5) is 4.39 Å². The zero-order valence-corrected chi connectivity index (χ0v) is 16.8. The van der Waals surface area contributed by atoms with E-state index in [1.165, 1.54) is 23.1 Å². The van der Waals surface area contributed by atoms with Crippen LogP contribution in [0.3, 0.4) is 0 Å². The molecule has 0 bridgehead atoms. The van der Waals surface area contributed by atoms with Gasteiger partial charge in [0.1, 0.15) is 5.82 Å². The van der Waals surface area contributed by atoms with Gasteiger partial charge in [0.15, 0.2) is 0 Å². The number of benzene rings is 2. The first-order chi connectivity index (χ1) is 14.2. The van der Waals surface area contributed by atoms with Crippen LogP contribution < -0.4 is 5.32 Å². The fraction of sp³-hybridized carbons (Fsp3) is 0.348. The number of carbonyl (C=O) groups is 1. The lowest BCUT2D eigenvalue weighted by atomic mass is 10.1. The molecule has 0 aliphatic heterocycles. The minimum atomic E-state index is -0.273. The zero-order valence-electron chi connectivity index (χ0n) is 16.8. The minimum Gasteiger partial charge on any atom is -0.385 e. The summed E-state index contributed by atoms with van der Waals surface area (Å²) in [5.41, 5.74) is 3.20. The lowest BCUT2D eigenvalue weighted by Gasteiger charge is -2.23. The average molecular weight is 397 g/mol. The van der Waals surface area contributed by atoms with E-state index in [2.05, 4.69) is 16.4 Å². The first-order valence-electron chi connectivity index (χ1n) is 9.94. The number of amides is 1. The van der Waals surface area contributed by atoms with Crippen molar-refractivity contribution in [2.45, 2.75) is 19.4 Å². The van der Waals surface area contributed by atoms with Gasteiger partial charge in [0.25, 0.3) is 0 Å². The molecular formula is C23H28FN3O2. The quantitative estimate of drug-likeness (QED) is 0.487. The summed E-state index contributed by atoms with van der Waals surface area (Å²) in [5, 5.41) is 4.36. The maximum absolute atomic E-state index is 13.2. The molecule has 6 heteroatoms. The van der Waals surface area contributed by atoms with Crippen molar-refractivity contribution in [1.29, 1.82) is 0 Å². The van der Waals surface area contributed by atoms with Gasteiger partial charge in [0.05, 0.1) is 6.54 Å². The lowest BCUT2D eigenvalue weighted by Crippen LogP contribution is -2.39. The molecule has 2 N–H and O–H groups in total. The maximum atomic E-state index is 13.2. The van der Waals surface area contributed by atoms with Gasteiger partial charge in [-0.1, -0.05) is 30.3 Å². The summed E-state index contributed by atoms with van der Waals surface area (Å²) < 4.78 is 18.3. The smallest absolute Gasteiger partial charge is 0.236 e. The normalized spacial score (nSPS) is 11.1. The number of aromatic amines is 1. The van der Waals surface area contributed by atoms with Crippen LogP contribution in [0.25, 0.3) is 10.9 Å². The van der Waals surface area contributed by atoms with E-state index in [-0.39, 0.29) is 18.3 Å². The van der Waals surface area contributed by atoms with Gasteiger partial charge in [-0.2, -0.15) is 0 Å². The highest BCUT2D eigenvalue weighted by atomic mass is 19.1. The Balaban J connectivity index is 1.64. The fourth-order valence-electron chi connectivity index (χ4n) is 3.34. The number of fused-ring (bicyclic) bond motifs is 1. The second-order valence-corrected chi connectivity index (χ2v) is 7.07. The molecule has 154 valence electrons. The number of hydrogen-bond donors (Lipinski definition) is 2. The van der Waals surface area contributed by atoms with E-state index in [0.717, 1.165) is 30.5 Å². The van der Waals surface area contributed by atoms with Crippen LogP contribution in [0, 0.1) is 5.82 Å². The molecule has 0 aliphatic carbocycles. The predicted molar refractivity (Wildman–Crippen MR) is 113 cm³/mol. The van der Waals surface area contributed by atoms with Gasteiger partial charge in [0, 0.05) is 43.9 Å². The van der Waals surface area contributed by atoms with Crippen molar-refractivity contribution in [3.63, 3.8) is 0 Å². The van der Waals surface area contributed by atoms with E-state index in [0.29, 0.717) is 19.7 Å². The summed E-state index contributed by atoms with van der Waals surface area (Å²) in [7, 11) is 1.67. The highest BCUT2D eigenvalue weighted by Crippen LogP contribution is 2.19. The first-order valence-corrected chi connectivity index (χ1v) is 9.94. The van der Waals surface area contributed by atoms with Gasteiger partial charge in [0.2, 0.25) is 5.91 Å². The summed E-state index contributed by atoms with van der Waals surface area (Å²) in [6, 6.07) is 14.5. The Morgan fingerprint density at radius 2 is 1.97 bits per heavy atom. The molecule has 29 heavy (non-hydrogen) atoms. The Morgan fingerprint density at radius 1 is 1.17 bits per heavy atom. The molecule has 0 atom stereocenters. The molecular weight excluding hydrogens is 369 g/mol. The monoisotopic (exact) mass is 397 g/mol. The Morgan fingerprint density at radius 3 is 2.76 bits per heavy atom. The third kappa shape index (κ3) is 6.14. The molecule has 0 saturated heterocycles. The Hall–Kier alpha value is -2.70. The van der Waals surface area contributed by atoms with Crippen LogP contribution in [0.5, 0.6) is 0 Å². The molecule has 5 nitrogen and oxygen atoms in total. The summed E-state index contributed by atoms with van der Waals surface area (Å²) in [4.78, 5) is 17.9. The second-order valence-electron chi connectivity index (χ2n) is 7.07. The molecule has 3 aromatic rings. The standard InChI is InChI=1S/C23H28FN3O2/c1-29-14-4-12-25-16-23(28)27(17-18-7-9-20(24)10-8-18)13-11-19-15-26-22-6-3-2-5-21(19)22/h2-3,5-10,15,25-26H,4,11-14,16-17H2,1H3. The van der Waals surface area contributed by atoms with Crippen LogP contribution >= 0.6 is 0 Å². The van der Waals surface area contributed by atoms with Gasteiger partial charge >= 0.3 is 0 Å². The second kappa shape index (κ2) is 10.7. The van der Waals surface area contributed by atoms with Crippen LogP contribution in [0.15, 0.2) is 54.7 Å². The molecule has 0 spiro atoms. The summed E-state index contributed by atoms with van der Waals surface area (Å²) in [6.07, 6.45) is 3.62. The molecule has 1 amide bonds. The predicted octanol–water partition coefficient (Wildman–Crippen LogP) is 3.50. The number of halogens is 1. The van der Waals surface area contributed by atoms with Crippen molar-refractivity contribution in [1.82, 2.24) is 15.2 Å². The van der Waals surface area contributed by atoms with Crippen molar-refractivity contribution in [2.24, 2.45) is 0 Å². The van der Waals surface area contributed by atoms with Gasteiger partial charge in [-0.15, -0.1) is 0 Å². The van der Waals surface area contributed by atoms with E-state index in [9.17, 15) is 9.18 Å². The molecule has 1 aromatic heterocycles. The van der Waals surface area contributed by atoms with E-state index >= 15 is 0 Å². The van der Waals surface area contributed by atoms with Crippen molar-refractivity contribution in [3.8, 4) is 0 Å². The highest BCUT2D eigenvalue weighted by Gasteiger charge is 2.15. The SMILES string of the molecule is COCCCNCC(=O)N(CCc1c[nH]c2ccccc12)Cc1ccc(F)cc1. The molecule has 0 saturated carbocycles. The summed E-state index contributed by atoms with van der Waals surface area (Å²) >= 11 is 0. The van der Waals surface area contributed by atoms with E-state index in [4.69, 9.17) is 4.74 Å². The topological polar surface area (TPSA) is 57.4 Å². The number of aromatic nitrogens is 1. The molecule has 0 aliphatic rings. The Bertz CT molecular complexity index is 908. The summed E-state index contributed by atoms with van der Waals surface area (Å²) in [6.45, 7) is 2.73. The fourth-order valence-corrected chi connectivity index (χ4v) is 3.34. The average Bonchev–Trinajstić information content (AvgIpc) is 3.15. The summed E-state index contributed by atoms with van der Waals surface area (Å²) in [5.74, 6) is -0.239. The van der Waals surface area contributed by atoms with Crippen molar-refractivity contribution in [3.05, 3.63) is 71.7 Å². The van der Waals surface area contributed by atoms with Crippen LogP contribution in [-0.4, -0.2) is 49.1 Å². The number of nitrogens with zero attached hydrogens (tertiary/aromatic N) is 1. The van der Waals surface area contributed by atoms with E-state index < -0.39 is 0 Å². The van der Waals surface area contributed by atoms with Gasteiger partial charge < -0.3 is 19.9 Å². The minimum absolute atomic E-state index is 0.0339. The number of carbonyl (C=O) groups excluding carboxylic acids is 1.